The van der Waals surface area contributed by atoms with E-state index in [4.69, 9.17) is 28.4 Å². The fourth-order valence-electron chi connectivity index (χ4n) is 3.35. The van der Waals surface area contributed by atoms with Crippen molar-refractivity contribution in [1.29, 1.82) is 0 Å². The second kappa shape index (κ2) is 12.5. The highest BCUT2D eigenvalue weighted by atomic mass is 16.6. The van der Waals surface area contributed by atoms with Gasteiger partial charge in [0, 0.05) is 11.1 Å². The summed E-state index contributed by atoms with van der Waals surface area (Å²) in [6.45, 7) is 9.36. The molecule has 2 aromatic rings. The summed E-state index contributed by atoms with van der Waals surface area (Å²) < 4.78 is 34.4. The molecule has 0 spiro atoms. The molecule has 0 bridgehead atoms. The molecule has 6 heteroatoms. The molecule has 0 amide bonds. The lowest BCUT2D eigenvalue weighted by molar-refractivity contribution is -0.00705. The highest BCUT2D eigenvalue weighted by Crippen LogP contribution is 2.41. The fraction of sp³-hybridized carbons (Fsp3) is 0.500. The first-order valence-electron chi connectivity index (χ1n) is 10.5. The van der Waals surface area contributed by atoms with Crippen molar-refractivity contribution in [2.75, 3.05) is 66.1 Å². The Morgan fingerprint density at radius 2 is 0.800 bits per heavy atom. The van der Waals surface area contributed by atoms with Crippen LogP contribution in [0.25, 0.3) is 11.1 Å². The van der Waals surface area contributed by atoms with Crippen molar-refractivity contribution in [3.8, 4) is 22.6 Å². The number of hydrogen-bond donors (Lipinski definition) is 0. The first-order valence-corrected chi connectivity index (χ1v) is 10.5. The van der Waals surface area contributed by atoms with Crippen LogP contribution < -0.4 is 9.47 Å². The monoisotopic (exact) mass is 416 g/mol. The maximum Gasteiger partial charge on any atom is 0.127 e. The van der Waals surface area contributed by atoms with Gasteiger partial charge in [-0.3, -0.25) is 0 Å². The molecule has 0 fully saturated rings. The molecule has 0 radical (unpaired) electrons. The van der Waals surface area contributed by atoms with Gasteiger partial charge in [0.25, 0.3) is 0 Å². The number of aryl methyl sites for hydroxylation is 2. The Morgan fingerprint density at radius 1 is 0.467 bits per heavy atom. The van der Waals surface area contributed by atoms with Crippen LogP contribution in [0.2, 0.25) is 0 Å². The molecule has 0 saturated carbocycles. The normalized spacial score (nSPS) is 17.7. The van der Waals surface area contributed by atoms with E-state index in [9.17, 15) is 0 Å². The average Bonchev–Trinajstić information content (AvgIpc) is 2.74. The van der Waals surface area contributed by atoms with Crippen molar-refractivity contribution in [1.82, 2.24) is 0 Å². The van der Waals surface area contributed by atoms with Gasteiger partial charge < -0.3 is 28.4 Å². The second-order valence-corrected chi connectivity index (χ2v) is 7.04. The number of rotatable bonds is 0. The van der Waals surface area contributed by atoms with Crippen LogP contribution >= 0.6 is 0 Å². The zero-order valence-electron chi connectivity index (χ0n) is 18.0. The maximum atomic E-state index is 6.10. The highest BCUT2D eigenvalue weighted by molar-refractivity contribution is 5.81. The average molecular weight is 417 g/mol. The fourth-order valence-corrected chi connectivity index (χ4v) is 3.35. The first kappa shape index (κ1) is 22.6. The van der Waals surface area contributed by atoms with Gasteiger partial charge in [0.1, 0.15) is 24.7 Å². The van der Waals surface area contributed by atoms with Crippen molar-refractivity contribution >= 4 is 0 Å². The lowest BCUT2D eigenvalue weighted by atomic mass is 9.94. The molecule has 30 heavy (non-hydrogen) atoms. The van der Waals surface area contributed by atoms with Crippen LogP contribution in [0, 0.1) is 13.8 Å². The Hall–Kier alpha value is -2.12. The zero-order valence-corrected chi connectivity index (χ0v) is 18.0. The van der Waals surface area contributed by atoms with E-state index in [0.717, 1.165) is 33.8 Å². The molecule has 1 heterocycles. The van der Waals surface area contributed by atoms with Gasteiger partial charge in [0.05, 0.1) is 52.9 Å². The highest BCUT2D eigenvalue weighted by Gasteiger charge is 2.17. The van der Waals surface area contributed by atoms with Crippen molar-refractivity contribution in [2.24, 2.45) is 0 Å². The molecular weight excluding hydrogens is 384 g/mol. The van der Waals surface area contributed by atoms with Crippen LogP contribution in [0.15, 0.2) is 36.4 Å². The van der Waals surface area contributed by atoms with Gasteiger partial charge in [0.15, 0.2) is 0 Å². The topological polar surface area (TPSA) is 55.4 Å². The van der Waals surface area contributed by atoms with Crippen LogP contribution in [0.4, 0.5) is 0 Å². The number of ether oxygens (including phenoxy) is 6. The van der Waals surface area contributed by atoms with Gasteiger partial charge in [-0.25, -0.2) is 0 Å². The van der Waals surface area contributed by atoms with Crippen molar-refractivity contribution in [3.05, 3.63) is 47.5 Å². The molecule has 0 atom stereocenters. The van der Waals surface area contributed by atoms with E-state index in [1.54, 1.807) is 0 Å². The number of fused-ring (bicyclic) bond motifs is 3. The second-order valence-electron chi connectivity index (χ2n) is 7.04. The molecule has 164 valence electrons. The Morgan fingerprint density at radius 3 is 1.17 bits per heavy atom. The van der Waals surface area contributed by atoms with Gasteiger partial charge in [-0.15, -0.1) is 0 Å². The smallest absolute Gasteiger partial charge is 0.127 e. The summed E-state index contributed by atoms with van der Waals surface area (Å²) in [6.07, 6.45) is 0. The van der Waals surface area contributed by atoms with E-state index in [2.05, 4.69) is 26.0 Å². The van der Waals surface area contributed by atoms with Gasteiger partial charge in [0.2, 0.25) is 0 Å². The Kier molecular flexibility index (Phi) is 9.44. The summed E-state index contributed by atoms with van der Waals surface area (Å²) in [7, 11) is 0. The van der Waals surface area contributed by atoms with E-state index in [0.29, 0.717) is 66.1 Å². The van der Waals surface area contributed by atoms with Gasteiger partial charge in [-0.2, -0.15) is 0 Å². The van der Waals surface area contributed by atoms with Crippen LogP contribution in [-0.4, -0.2) is 66.1 Å². The van der Waals surface area contributed by atoms with Gasteiger partial charge >= 0.3 is 0 Å². The lowest BCUT2D eigenvalue weighted by Gasteiger charge is -2.19. The van der Waals surface area contributed by atoms with Crippen LogP contribution in [0.3, 0.4) is 0 Å². The predicted octanol–water partition coefficient (Wildman–Crippen LogP) is 3.81. The molecule has 3 rings (SSSR count). The molecule has 1 aliphatic heterocycles. The molecular formula is C24H32O6. The SMILES string of the molecule is Cc1cccc2c1-c1c(C)cccc1OCCOCCOCCOCCOCCO2. The Labute approximate surface area is 179 Å². The van der Waals surface area contributed by atoms with E-state index in [1.807, 2.05) is 24.3 Å². The summed E-state index contributed by atoms with van der Waals surface area (Å²) in [6, 6.07) is 12.2. The molecule has 0 aromatic heterocycles. The minimum Gasteiger partial charge on any atom is -0.491 e. The van der Waals surface area contributed by atoms with E-state index in [-0.39, 0.29) is 0 Å². The molecule has 6 nitrogen and oxygen atoms in total. The lowest BCUT2D eigenvalue weighted by Crippen LogP contribution is -2.15. The minimum absolute atomic E-state index is 0.468. The van der Waals surface area contributed by atoms with E-state index >= 15 is 0 Å². The van der Waals surface area contributed by atoms with Gasteiger partial charge in [-0.05, 0) is 37.1 Å². The van der Waals surface area contributed by atoms with Crippen LogP contribution in [0.5, 0.6) is 11.5 Å². The Balaban J connectivity index is 1.79. The molecule has 0 saturated heterocycles. The quantitative estimate of drug-likeness (QED) is 0.651. The third kappa shape index (κ3) is 6.71. The van der Waals surface area contributed by atoms with Crippen LogP contribution in [0.1, 0.15) is 11.1 Å². The summed E-state index contributed by atoms with van der Waals surface area (Å²) in [5, 5.41) is 0. The van der Waals surface area contributed by atoms with Crippen molar-refractivity contribution in [2.45, 2.75) is 13.8 Å². The van der Waals surface area contributed by atoms with E-state index < -0.39 is 0 Å². The summed E-state index contributed by atoms with van der Waals surface area (Å²) in [5.74, 6) is 1.66. The molecule has 0 aliphatic carbocycles. The predicted molar refractivity (Wildman–Crippen MR) is 116 cm³/mol. The number of benzene rings is 2. The molecule has 0 N–H and O–H groups in total. The minimum atomic E-state index is 0.468. The summed E-state index contributed by atoms with van der Waals surface area (Å²) >= 11 is 0. The first-order chi connectivity index (χ1) is 14.8. The van der Waals surface area contributed by atoms with Crippen LogP contribution in [-0.2, 0) is 18.9 Å². The largest absolute Gasteiger partial charge is 0.491 e. The summed E-state index contributed by atoms with van der Waals surface area (Å²) in [4.78, 5) is 0. The number of hydrogen-bond acceptors (Lipinski definition) is 6. The standard InChI is InChI=1S/C24H32O6/c1-19-5-3-7-21-23(19)24-20(2)6-4-8-22(24)30-18-16-28-14-12-26-10-9-25-11-13-27-15-17-29-21/h3-8H,9-18H2,1-2H3. The Bertz CT molecular complexity index is 711. The summed E-state index contributed by atoms with van der Waals surface area (Å²) in [5.41, 5.74) is 4.38. The molecule has 1 aliphatic rings. The zero-order chi connectivity index (χ0) is 21.0. The van der Waals surface area contributed by atoms with Crippen molar-refractivity contribution < 1.29 is 28.4 Å². The van der Waals surface area contributed by atoms with Crippen molar-refractivity contribution in [3.63, 3.8) is 0 Å². The molecule has 2 aromatic carbocycles. The van der Waals surface area contributed by atoms with Gasteiger partial charge in [-0.1, -0.05) is 24.3 Å². The molecule has 0 unspecified atom stereocenters. The van der Waals surface area contributed by atoms with E-state index in [1.165, 1.54) is 0 Å². The third-order valence-corrected chi connectivity index (χ3v) is 4.81. The third-order valence-electron chi connectivity index (χ3n) is 4.81. The maximum absolute atomic E-state index is 6.10.